The first-order valence-corrected chi connectivity index (χ1v) is 6.68. The lowest BCUT2D eigenvalue weighted by molar-refractivity contribution is 0.0953. The van der Waals surface area contributed by atoms with E-state index < -0.39 is 16.7 Å². The summed E-state index contributed by atoms with van der Waals surface area (Å²) in [6.07, 6.45) is 1.56. The molecule has 0 bridgehead atoms. The van der Waals surface area contributed by atoms with E-state index in [0.717, 1.165) is 0 Å². The second-order valence-corrected chi connectivity index (χ2v) is 5.19. The molecule has 0 heterocycles. The number of nitrogens with one attached hydrogen (secondary N) is 1. The highest BCUT2D eigenvalue weighted by molar-refractivity contribution is 7.84. The van der Waals surface area contributed by atoms with Gasteiger partial charge >= 0.3 is 0 Å². The van der Waals surface area contributed by atoms with E-state index in [1.54, 1.807) is 6.26 Å². The van der Waals surface area contributed by atoms with Crippen molar-refractivity contribution < 1.29 is 14.1 Å². The highest BCUT2D eigenvalue weighted by atomic mass is 35.5. The minimum Gasteiger partial charge on any atom is -0.507 e. The van der Waals surface area contributed by atoms with Crippen LogP contribution in [0.2, 0.25) is 5.02 Å². The van der Waals surface area contributed by atoms with Gasteiger partial charge in [0, 0.05) is 34.4 Å². The van der Waals surface area contributed by atoms with E-state index in [1.807, 2.05) is 0 Å². The molecule has 1 aromatic rings. The number of carbonyl (C=O) groups is 1. The standard InChI is InChI=1S/C10H12ClNO3S/c1-16(15)5-4-12-10(14)8-3-2-7(11)6-9(8)13/h2-3,6,13H,4-5H2,1H3,(H,12,14). The van der Waals surface area contributed by atoms with Gasteiger partial charge in [-0.15, -0.1) is 0 Å². The van der Waals surface area contributed by atoms with E-state index >= 15 is 0 Å². The molecular weight excluding hydrogens is 250 g/mol. The zero-order chi connectivity index (χ0) is 12.1. The van der Waals surface area contributed by atoms with E-state index in [2.05, 4.69) is 5.32 Å². The third-order valence-corrected chi connectivity index (χ3v) is 2.89. The minimum atomic E-state index is -0.946. The average Bonchev–Trinajstić information content (AvgIpc) is 2.16. The Morgan fingerprint density at radius 3 is 2.81 bits per heavy atom. The molecular formula is C10H12ClNO3S. The second-order valence-electron chi connectivity index (χ2n) is 3.19. The fraction of sp³-hybridized carbons (Fsp3) is 0.300. The number of phenolic OH excluding ortho intramolecular Hbond substituents is 1. The monoisotopic (exact) mass is 261 g/mol. The predicted molar refractivity (Wildman–Crippen MR) is 64.4 cm³/mol. The Bertz CT molecular complexity index is 423. The van der Waals surface area contributed by atoms with Gasteiger partial charge in [0.25, 0.3) is 5.91 Å². The maximum absolute atomic E-state index is 11.5. The lowest BCUT2D eigenvalue weighted by atomic mass is 10.2. The summed E-state index contributed by atoms with van der Waals surface area (Å²) in [6.45, 7) is 0.310. The molecule has 0 aliphatic heterocycles. The lowest BCUT2D eigenvalue weighted by Crippen LogP contribution is -2.27. The number of benzene rings is 1. The molecule has 0 aliphatic rings. The Balaban J connectivity index is 2.63. The van der Waals surface area contributed by atoms with Gasteiger partial charge in [-0.3, -0.25) is 9.00 Å². The van der Waals surface area contributed by atoms with Gasteiger partial charge in [-0.25, -0.2) is 0 Å². The van der Waals surface area contributed by atoms with Crippen molar-refractivity contribution in [1.29, 1.82) is 0 Å². The van der Waals surface area contributed by atoms with Crippen LogP contribution >= 0.6 is 11.6 Å². The van der Waals surface area contributed by atoms with Gasteiger partial charge in [0.05, 0.1) is 5.56 Å². The Hall–Kier alpha value is -1.07. The van der Waals surface area contributed by atoms with Crippen molar-refractivity contribution in [2.45, 2.75) is 0 Å². The summed E-state index contributed by atoms with van der Waals surface area (Å²) in [5.74, 6) is -0.178. The fourth-order valence-electron chi connectivity index (χ4n) is 1.10. The van der Waals surface area contributed by atoms with E-state index in [9.17, 15) is 14.1 Å². The number of rotatable bonds is 4. The van der Waals surface area contributed by atoms with Gasteiger partial charge < -0.3 is 10.4 Å². The lowest BCUT2D eigenvalue weighted by Gasteiger charge is -2.06. The topological polar surface area (TPSA) is 66.4 Å². The Morgan fingerprint density at radius 2 is 2.25 bits per heavy atom. The molecule has 0 aliphatic carbocycles. The number of hydrogen-bond donors (Lipinski definition) is 2. The molecule has 1 amide bonds. The van der Waals surface area contributed by atoms with Crippen LogP contribution in [0.25, 0.3) is 0 Å². The first-order valence-electron chi connectivity index (χ1n) is 4.57. The minimum absolute atomic E-state index is 0.159. The Labute approximate surface area is 101 Å². The first-order chi connectivity index (χ1) is 7.50. The molecule has 1 unspecified atom stereocenters. The zero-order valence-corrected chi connectivity index (χ0v) is 10.3. The first kappa shape index (κ1) is 13.0. The van der Waals surface area contributed by atoms with Gasteiger partial charge in [0.2, 0.25) is 0 Å². The molecule has 16 heavy (non-hydrogen) atoms. The molecule has 2 N–H and O–H groups in total. The second kappa shape index (κ2) is 5.86. The number of halogens is 1. The van der Waals surface area contributed by atoms with Crippen LogP contribution in [-0.2, 0) is 10.8 Å². The number of aromatic hydroxyl groups is 1. The van der Waals surface area contributed by atoms with Gasteiger partial charge in [-0.2, -0.15) is 0 Å². The third kappa shape index (κ3) is 3.83. The number of amides is 1. The summed E-state index contributed by atoms with van der Waals surface area (Å²) in [5, 5.41) is 12.4. The van der Waals surface area contributed by atoms with E-state index in [0.29, 0.717) is 17.3 Å². The van der Waals surface area contributed by atoms with E-state index in [-0.39, 0.29) is 11.3 Å². The predicted octanol–water partition coefficient (Wildman–Crippen LogP) is 1.15. The Kier molecular flexibility index (Phi) is 4.76. The molecule has 1 aromatic carbocycles. The van der Waals surface area contributed by atoms with Crippen LogP contribution in [0.4, 0.5) is 0 Å². The molecule has 1 rings (SSSR count). The molecule has 0 saturated carbocycles. The van der Waals surface area contributed by atoms with Crippen LogP contribution in [0.1, 0.15) is 10.4 Å². The van der Waals surface area contributed by atoms with E-state index in [1.165, 1.54) is 18.2 Å². The largest absolute Gasteiger partial charge is 0.507 e. The number of hydrogen-bond acceptors (Lipinski definition) is 3. The van der Waals surface area contributed by atoms with Gasteiger partial charge in [-0.05, 0) is 18.2 Å². The van der Waals surface area contributed by atoms with Crippen molar-refractivity contribution >= 4 is 28.3 Å². The summed E-state index contributed by atoms with van der Waals surface area (Å²) in [5.41, 5.74) is 0.159. The van der Waals surface area contributed by atoms with Crippen LogP contribution < -0.4 is 5.32 Å². The molecule has 0 fully saturated rings. The summed E-state index contributed by atoms with van der Waals surface area (Å²) in [4.78, 5) is 11.5. The van der Waals surface area contributed by atoms with Crippen LogP contribution in [0.15, 0.2) is 18.2 Å². The molecule has 1 atom stereocenters. The van der Waals surface area contributed by atoms with Crippen molar-refractivity contribution in [2.24, 2.45) is 0 Å². The highest BCUT2D eigenvalue weighted by Crippen LogP contribution is 2.21. The van der Waals surface area contributed by atoms with Crippen LogP contribution in [0.3, 0.4) is 0 Å². The molecule has 0 spiro atoms. The quantitative estimate of drug-likeness (QED) is 0.855. The summed E-state index contributed by atoms with van der Waals surface area (Å²) >= 11 is 5.64. The van der Waals surface area contributed by atoms with Crippen molar-refractivity contribution in [2.75, 3.05) is 18.6 Å². The molecule has 88 valence electrons. The highest BCUT2D eigenvalue weighted by Gasteiger charge is 2.10. The molecule has 0 saturated heterocycles. The summed E-state index contributed by atoms with van der Waals surface area (Å²) < 4.78 is 10.8. The maximum Gasteiger partial charge on any atom is 0.255 e. The molecule has 0 aromatic heterocycles. The van der Waals surface area contributed by atoms with Crippen molar-refractivity contribution in [1.82, 2.24) is 5.32 Å². The fourth-order valence-corrected chi connectivity index (χ4v) is 1.66. The Morgan fingerprint density at radius 1 is 1.56 bits per heavy atom. The van der Waals surface area contributed by atoms with Crippen LogP contribution in [-0.4, -0.2) is 33.8 Å². The summed E-state index contributed by atoms with van der Waals surface area (Å²) in [7, 11) is -0.946. The zero-order valence-electron chi connectivity index (χ0n) is 8.70. The van der Waals surface area contributed by atoms with Crippen molar-refractivity contribution in [3.05, 3.63) is 28.8 Å². The average molecular weight is 262 g/mol. The molecule has 6 heteroatoms. The van der Waals surface area contributed by atoms with Crippen molar-refractivity contribution in [3.63, 3.8) is 0 Å². The third-order valence-electron chi connectivity index (χ3n) is 1.88. The van der Waals surface area contributed by atoms with Crippen LogP contribution in [0.5, 0.6) is 5.75 Å². The van der Waals surface area contributed by atoms with Gasteiger partial charge in [0.1, 0.15) is 5.75 Å². The van der Waals surface area contributed by atoms with E-state index in [4.69, 9.17) is 11.6 Å². The van der Waals surface area contributed by atoms with Crippen molar-refractivity contribution in [3.8, 4) is 5.75 Å². The van der Waals surface area contributed by atoms with Crippen LogP contribution in [0, 0.1) is 0 Å². The SMILES string of the molecule is CS(=O)CCNC(=O)c1ccc(Cl)cc1O. The smallest absolute Gasteiger partial charge is 0.255 e. The normalized spacial score (nSPS) is 12.1. The molecule has 0 radical (unpaired) electrons. The number of carbonyl (C=O) groups excluding carboxylic acids is 1. The number of phenols is 1. The van der Waals surface area contributed by atoms with Gasteiger partial charge in [-0.1, -0.05) is 11.6 Å². The summed E-state index contributed by atoms with van der Waals surface area (Å²) in [6, 6.07) is 4.26. The maximum atomic E-state index is 11.5. The van der Waals surface area contributed by atoms with Gasteiger partial charge in [0.15, 0.2) is 0 Å². The molecule has 4 nitrogen and oxygen atoms in total.